The van der Waals surface area contributed by atoms with Crippen LogP contribution in [0.4, 0.5) is 0 Å². The number of aliphatic hydroxyl groups excluding tert-OH is 1. The fourth-order valence-electron chi connectivity index (χ4n) is 8.87. The Balaban J connectivity index is 1.69. The maximum Gasteiger partial charge on any atom is 0.493 e. The van der Waals surface area contributed by atoms with E-state index in [0.29, 0.717) is 23.9 Å². The Hall–Kier alpha value is -2.67. The molecule has 9 atom stereocenters. The van der Waals surface area contributed by atoms with Gasteiger partial charge in [-0.3, -0.25) is 4.79 Å². The molecular weight excluding hydrogens is 497 g/mol. The monoisotopic (exact) mass is 535 g/mol. The molecule has 8 nitrogen and oxygen atoms in total. The van der Waals surface area contributed by atoms with E-state index in [1.165, 1.54) is 0 Å². The third-order valence-corrected chi connectivity index (χ3v) is 11.4. The summed E-state index contributed by atoms with van der Waals surface area (Å²) in [7, 11) is -1.30. The molecule has 1 aliphatic heterocycles. The van der Waals surface area contributed by atoms with Gasteiger partial charge in [0, 0.05) is 29.1 Å². The van der Waals surface area contributed by atoms with Gasteiger partial charge in [0.15, 0.2) is 6.10 Å². The van der Waals surface area contributed by atoms with Crippen LogP contribution in [0.3, 0.4) is 0 Å². The van der Waals surface area contributed by atoms with Gasteiger partial charge >= 0.3 is 13.1 Å². The molecule has 208 valence electrons. The summed E-state index contributed by atoms with van der Waals surface area (Å²) in [5.41, 5.74) is -1.02. The molecule has 9 heteroatoms. The minimum atomic E-state index is -1.41. The highest BCUT2D eigenvalue weighted by atomic mass is 16.5. The lowest BCUT2D eigenvalue weighted by molar-refractivity contribution is -0.193. The average molecular weight is 535 g/mol. The predicted molar refractivity (Wildman–Crippen MR) is 144 cm³/mol. The maximum atomic E-state index is 13.7. The SMILES string of the molecule is C=C[C@]1(C)C[C@@H](C(Oc2ccc3c(c2C#N)B(O)OC3)C(=O)O)[C@@]2(C)[C@H](C)CC[C@]3(CCC(=O)[C@H]32)[C@@H](C)[C@@H]1O. The van der Waals surface area contributed by atoms with Crippen LogP contribution in [0, 0.1) is 51.2 Å². The Bertz CT molecular complexity index is 1260. The number of aliphatic carboxylic acids is 1. The zero-order chi connectivity index (χ0) is 28.5. The van der Waals surface area contributed by atoms with Gasteiger partial charge in [0.1, 0.15) is 17.6 Å². The molecule has 4 aliphatic rings. The van der Waals surface area contributed by atoms with Crippen LogP contribution in [0.2, 0.25) is 0 Å². The number of carboxylic acid groups (broad SMARTS) is 1. The molecule has 0 aromatic heterocycles. The van der Waals surface area contributed by atoms with E-state index in [4.69, 9.17) is 9.39 Å². The van der Waals surface area contributed by atoms with E-state index in [-0.39, 0.29) is 42.0 Å². The van der Waals surface area contributed by atoms with Crippen molar-refractivity contribution in [3.63, 3.8) is 0 Å². The zero-order valence-electron chi connectivity index (χ0n) is 23.1. The van der Waals surface area contributed by atoms with Crippen LogP contribution >= 0.6 is 0 Å². The molecule has 1 aromatic carbocycles. The maximum absolute atomic E-state index is 13.7. The summed E-state index contributed by atoms with van der Waals surface area (Å²) in [6.45, 7) is 12.3. The van der Waals surface area contributed by atoms with Crippen LogP contribution in [0.25, 0.3) is 0 Å². The zero-order valence-corrected chi connectivity index (χ0v) is 23.1. The number of rotatable bonds is 5. The lowest BCUT2D eigenvalue weighted by atomic mass is 9.41. The molecule has 3 saturated carbocycles. The first-order valence-corrected chi connectivity index (χ1v) is 13.9. The largest absolute Gasteiger partial charge is 0.493 e. The lowest BCUT2D eigenvalue weighted by Crippen LogP contribution is -2.63. The third-order valence-electron chi connectivity index (χ3n) is 11.4. The van der Waals surface area contributed by atoms with Crippen molar-refractivity contribution in [2.75, 3.05) is 0 Å². The number of carbonyl (C=O) groups is 2. The topological polar surface area (TPSA) is 137 Å². The third kappa shape index (κ3) is 3.82. The average Bonchev–Trinajstić information content (AvgIpc) is 3.47. The molecule has 3 fully saturated rings. The molecule has 5 rings (SSSR count). The van der Waals surface area contributed by atoms with Crippen molar-refractivity contribution >= 4 is 24.3 Å². The van der Waals surface area contributed by atoms with E-state index >= 15 is 0 Å². The highest BCUT2D eigenvalue weighted by Crippen LogP contribution is 2.69. The molecule has 39 heavy (non-hydrogen) atoms. The van der Waals surface area contributed by atoms with Gasteiger partial charge in [-0.05, 0) is 60.0 Å². The first-order valence-electron chi connectivity index (χ1n) is 13.9. The fraction of sp³-hybridized carbons (Fsp3) is 0.633. The van der Waals surface area contributed by atoms with Crippen molar-refractivity contribution in [1.29, 1.82) is 5.26 Å². The highest BCUT2D eigenvalue weighted by Gasteiger charge is 2.69. The number of hydrogen-bond acceptors (Lipinski definition) is 7. The van der Waals surface area contributed by atoms with Gasteiger partial charge < -0.3 is 24.6 Å². The summed E-state index contributed by atoms with van der Waals surface area (Å²) < 4.78 is 11.6. The summed E-state index contributed by atoms with van der Waals surface area (Å²) in [5, 5.41) is 42.8. The normalized spacial score (nSPS) is 40.1. The van der Waals surface area contributed by atoms with E-state index in [2.05, 4.69) is 19.6 Å². The summed E-state index contributed by atoms with van der Waals surface area (Å²) in [5.74, 6) is -2.24. The van der Waals surface area contributed by atoms with Crippen molar-refractivity contribution in [2.45, 2.75) is 78.6 Å². The van der Waals surface area contributed by atoms with Crippen LogP contribution in [0.1, 0.15) is 70.9 Å². The van der Waals surface area contributed by atoms with E-state index in [9.17, 15) is 30.1 Å². The molecule has 3 aliphatic carbocycles. The minimum Gasteiger partial charge on any atom is -0.478 e. The Morgan fingerprint density at radius 2 is 2.05 bits per heavy atom. The highest BCUT2D eigenvalue weighted by molar-refractivity contribution is 6.62. The van der Waals surface area contributed by atoms with Gasteiger partial charge in [-0.25, -0.2) is 4.79 Å². The quantitative estimate of drug-likeness (QED) is 0.386. The number of Topliss-reactive ketones (excluding diaryl/α,β-unsaturated/α-hetero) is 1. The van der Waals surface area contributed by atoms with Gasteiger partial charge in [0.25, 0.3) is 0 Å². The van der Waals surface area contributed by atoms with Crippen LogP contribution in [0.15, 0.2) is 24.8 Å². The van der Waals surface area contributed by atoms with E-state index in [0.717, 1.165) is 12.8 Å². The number of aliphatic hydroxyl groups is 1. The van der Waals surface area contributed by atoms with Crippen molar-refractivity contribution in [3.05, 3.63) is 35.9 Å². The second-order valence-electron chi connectivity index (χ2n) is 12.9. The number of fused-ring (bicyclic) bond motifs is 1. The lowest BCUT2D eigenvalue weighted by Gasteiger charge is -2.63. The van der Waals surface area contributed by atoms with E-state index in [1.54, 1.807) is 18.2 Å². The van der Waals surface area contributed by atoms with Crippen molar-refractivity contribution < 1.29 is 34.2 Å². The van der Waals surface area contributed by atoms with Gasteiger partial charge in [0.05, 0.1) is 18.3 Å². The standard InChI is InChI=1S/C30H38BNO7/c1-6-28(4)13-20(24(27(35)36)39-22-8-7-18-15-38-31(37)23(18)19(22)14-32)29(5)16(2)9-11-30(17(3)26(28)34)12-10-21(33)25(29)30/h6-8,16-17,20,24-26,34,37H,1,9-13,15H2,2-5H3,(H,35,36)/t16-,17+,20+,24?,25+,26+,28-,29-,30+/m1/s1. The van der Waals surface area contributed by atoms with Crippen molar-refractivity contribution in [2.24, 2.45) is 39.9 Å². The number of benzene rings is 1. The number of nitriles is 1. The molecule has 1 unspecified atom stereocenters. The summed E-state index contributed by atoms with van der Waals surface area (Å²) in [6.07, 6.45) is 2.46. The van der Waals surface area contributed by atoms with Crippen LogP contribution in [0.5, 0.6) is 5.75 Å². The van der Waals surface area contributed by atoms with Crippen LogP contribution < -0.4 is 10.2 Å². The summed E-state index contributed by atoms with van der Waals surface area (Å²) in [4.78, 5) is 26.8. The number of hydrogen-bond donors (Lipinski definition) is 3. The van der Waals surface area contributed by atoms with Gasteiger partial charge in [-0.15, -0.1) is 6.58 Å². The molecule has 3 N–H and O–H groups in total. The number of ketones is 1. The van der Waals surface area contributed by atoms with E-state index < -0.39 is 53.4 Å². The minimum absolute atomic E-state index is 0.0234. The van der Waals surface area contributed by atoms with Gasteiger partial charge in [0.2, 0.25) is 0 Å². The summed E-state index contributed by atoms with van der Waals surface area (Å²) in [6, 6.07) is 5.30. The van der Waals surface area contributed by atoms with Crippen molar-refractivity contribution in [1.82, 2.24) is 0 Å². The smallest absolute Gasteiger partial charge is 0.478 e. The molecule has 1 heterocycles. The first kappa shape index (κ1) is 27.9. The number of carboxylic acids is 1. The second-order valence-corrected chi connectivity index (χ2v) is 12.9. The van der Waals surface area contributed by atoms with E-state index in [1.807, 2.05) is 20.8 Å². The number of nitrogens with zero attached hydrogens (tertiary/aromatic N) is 1. The van der Waals surface area contributed by atoms with Gasteiger partial charge in [-0.1, -0.05) is 39.8 Å². The first-order chi connectivity index (χ1) is 18.4. The Morgan fingerprint density at radius 1 is 1.33 bits per heavy atom. The predicted octanol–water partition coefficient (Wildman–Crippen LogP) is 3.22. The van der Waals surface area contributed by atoms with Crippen molar-refractivity contribution in [3.8, 4) is 11.8 Å². The van der Waals surface area contributed by atoms with Crippen LogP contribution in [-0.2, 0) is 20.9 Å². The van der Waals surface area contributed by atoms with Gasteiger partial charge in [-0.2, -0.15) is 5.26 Å². The molecular formula is C30H38BNO7. The van der Waals surface area contributed by atoms with Crippen LogP contribution in [-0.4, -0.2) is 46.3 Å². The fourth-order valence-corrected chi connectivity index (χ4v) is 8.87. The summed E-state index contributed by atoms with van der Waals surface area (Å²) >= 11 is 0. The number of carbonyl (C=O) groups excluding carboxylic acids is 1. The molecule has 2 bridgehead atoms. The number of ether oxygens (including phenoxy) is 1. The molecule has 0 amide bonds. The Morgan fingerprint density at radius 3 is 2.69 bits per heavy atom. The molecule has 0 saturated heterocycles. The molecule has 1 aromatic rings. The Kier molecular flexibility index (Phi) is 6.77. The molecule has 0 radical (unpaired) electrons. The molecule has 0 spiro atoms. The second kappa shape index (κ2) is 9.47. The Labute approximate surface area is 230 Å².